The maximum absolute atomic E-state index is 14.4. The number of unbranched alkanes of at least 4 members (excludes halogenated alkanes) is 6. The van der Waals surface area contributed by atoms with Gasteiger partial charge in [0, 0.05) is 30.5 Å². The van der Waals surface area contributed by atoms with E-state index in [-0.39, 0.29) is 29.9 Å². The second kappa shape index (κ2) is 14.6. The lowest BCUT2D eigenvalue weighted by Gasteiger charge is -2.08. The molecule has 0 N–H and O–H groups in total. The standard InChI is InChI=1S/C30H28F3NO4/c31-23-13-10-21(11-14-23)26-17-16-25(19-28(26)33)38-30(36)9-7-5-3-1-2-4-6-8-29(35)37-24-15-12-22(20-34)27(32)18-24/h10-19H,1-9H2. The third-order valence-electron chi connectivity index (χ3n) is 5.88. The molecule has 0 aromatic heterocycles. The van der Waals surface area contributed by atoms with E-state index < -0.39 is 29.4 Å². The van der Waals surface area contributed by atoms with Crippen LogP contribution < -0.4 is 9.47 Å². The molecule has 0 radical (unpaired) electrons. The molecular formula is C30H28F3NO4. The van der Waals surface area contributed by atoms with E-state index in [1.807, 2.05) is 0 Å². The van der Waals surface area contributed by atoms with Crippen LogP contribution in [0.3, 0.4) is 0 Å². The highest BCUT2D eigenvalue weighted by Gasteiger charge is 2.11. The van der Waals surface area contributed by atoms with E-state index in [1.165, 1.54) is 48.5 Å². The van der Waals surface area contributed by atoms with Crippen molar-refractivity contribution in [2.45, 2.75) is 57.8 Å². The van der Waals surface area contributed by atoms with Crippen molar-refractivity contribution in [1.29, 1.82) is 5.26 Å². The summed E-state index contributed by atoms with van der Waals surface area (Å²) in [7, 11) is 0. The first kappa shape index (κ1) is 28.5. The van der Waals surface area contributed by atoms with Gasteiger partial charge in [-0.25, -0.2) is 13.2 Å². The van der Waals surface area contributed by atoms with E-state index in [0.717, 1.165) is 44.2 Å². The van der Waals surface area contributed by atoms with Crippen LogP contribution in [0.25, 0.3) is 11.1 Å². The Kier molecular flexibility index (Phi) is 10.9. The quantitative estimate of drug-likeness (QED) is 0.131. The molecule has 0 bridgehead atoms. The summed E-state index contributed by atoms with van der Waals surface area (Å²) in [5.74, 6) is -2.36. The second-order valence-electron chi connectivity index (χ2n) is 8.83. The predicted molar refractivity (Wildman–Crippen MR) is 136 cm³/mol. The lowest BCUT2D eigenvalue weighted by Crippen LogP contribution is -2.08. The fourth-order valence-corrected chi connectivity index (χ4v) is 3.86. The number of esters is 2. The molecule has 0 amide bonds. The Hall–Kier alpha value is -4.12. The molecule has 0 spiro atoms. The lowest BCUT2D eigenvalue weighted by molar-refractivity contribution is -0.135. The van der Waals surface area contributed by atoms with Gasteiger partial charge < -0.3 is 9.47 Å². The topological polar surface area (TPSA) is 76.4 Å². The fourth-order valence-electron chi connectivity index (χ4n) is 3.86. The van der Waals surface area contributed by atoms with E-state index in [1.54, 1.807) is 6.07 Å². The van der Waals surface area contributed by atoms with E-state index in [9.17, 15) is 22.8 Å². The number of ether oxygens (including phenoxy) is 2. The monoisotopic (exact) mass is 523 g/mol. The van der Waals surface area contributed by atoms with Gasteiger partial charge >= 0.3 is 11.9 Å². The Labute approximate surface area is 219 Å². The molecule has 38 heavy (non-hydrogen) atoms. The number of halogens is 3. The molecule has 0 fully saturated rings. The highest BCUT2D eigenvalue weighted by Crippen LogP contribution is 2.27. The van der Waals surface area contributed by atoms with Crippen LogP contribution in [0, 0.1) is 28.8 Å². The van der Waals surface area contributed by atoms with Gasteiger partial charge in [-0.15, -0.1) is 0 Å². The molecular weight excluding hydrogens is 495 g/mol. The van der Waals surface area contributed by atoms with Crippen molar-refractivity contribution in [2.75, 3.05) is 0 Å². The number of nitrogens with zero attached hydrogens (tertiary/aromatic N) is 1. The Morgan fingerprint density at radius 1 is 0.658 bits per heavy atom. The molecule has 0 aliphatic rings. The number of carbonyl (C=O) groups excluding carboxylic acids is 2. The average molecular weight is 524 g/mol. The predicted octanol–water partition coefficient (Wildman–Crippen LogP) is 7.66. The fraction of sp³-hybridized carbons (Fsp3) is 0.300. The average Bonchev–Trinajstić information content (AvgIpc) is 2.88. The molecule has 3 aromatic carbocycles. The Morgan fingerprint density at radius 2 is 1.16 bits per heavy atom. The van der Waals surface area contributed by atoms with E-state index in [2.05, 4.69) is 0 Å². The molecule has 0 saturated carbocycles. The van der Waals surface area contributed by atoms with Crippen molar-refractivity contribution >= 4 is 11.9 Å². The van der Waals surface area contributed by atoms with Crippen LogP contribution in [0.15, 0.2) is 60.7 Å². The van der Waals surface area contributed by atoms with Gasteiger partial charge in [0.05, 0.1) is 5.56 Å². The molecule has 198 valence electrons. The number of benzene rings is 3. The Bertz CT molecular complexity index is 1290. The number of hydrogen-bond acceptors (Lipinski definition) is 5. The number of nitriles is 1. The molecule has 3 aromatic rings. The SMILES string of the molecule is N#Cc1ccc(OC(=O)CCCCCCCCCC(=O)Oc2ccc(-c3ccc(F)cc3)c(F)c2)cc1F. The summed E-state index contributed by atoms with van der Waals surface area (Å²) in [4.78, 5) is 23.9. The summed E-state index contributed by atoms with van der Waals surface area (Å²) in [6.07, 6.45) is 6.27. The maximum atomic E-state index is 14.4. The molecule has 8 heteroatoms. The summed E-state index contributed by atoms with van der Waals surface area (Å²) in [5, 5.41) is 8.72. The van der Waals surface area contributed by atoms with Gasteiger partial charge in [-0.2, -0.15) is 5.26 Å². The highest BCUT2D eigenvalue weighted by molar-refractivity contribution is 5.73. The van der Waals surface area contributed by atoms with Crippen molar-refractivity contribution in [3.8, 4) is 28.7 Å². The van der Waals surface area contributed by atoms with Crippen molar-refractivity contribution in [3.63, 3.8) is 0 Å². The highest BCUT2D eigenvalue weighted by atomic mass is 19.1. The smallest absolute Gasteiger partial charge is 0.311 e. The molecule has 0 unspecified atom stereocenters. The number of hydrogen-bond donors (Lipinski definition) is 0. The molecule has 0 aliphatic heterocycles. The minimum absolute atomic E-state index is 0.0807. The minimum atomic E-state index is -0.725. The summed E-state index contributed by atoms with van der Waals surface area (Å²) in [5.41, 5.74) is 0.719. The first-order valence-electron chi connectivity index (χ1n) is 12.5. The summed E-state index contributed by atoms with van der Waals surface area (Å²) in [6.45, 7) is 0. The third kappa shape index (κ3) is 9.07. The summed E-state index contributed by atoms with van der Waals surface area (Å²) < 4.78 is 51.4. The molecule has 0 aliphatic carbocycles. The first-order chi connectivity index (χ1) is 18.4. The van der Waals surface area contributed by atoms with Crippen LogP contribution in [0.5, 0.6) is 11.5 Å². The second-order valence-corrected chi connectivity index (χ2v) is 8.83. The van der Waals surface area contributed by atoms with Gasteiger partial charge in [0.25, 0.3) is 0 Å². The molecule has 0 atom stereocenters. The van der Waals surface area contributed by atoms with Crippen LogP contribution in [0.2, 0.25) is 0 Å². The van der Waals surface area contributed by atoms with Crippen molar-refractivity contribution in [1.82, 2.24) is 0 Å². The van der Waals surface area contributed by atoms with Crippen LogP contribution in [-0.2, 0) is 9.59 Å². The zero-order valence-electron chi connectivity index (χ0n) is 20.9. The van der Waals surface area contributed by atoms with E-state index in [4.69, 9.17) is 14.7 Å². The molecule has 3 rings (SSSR count). The van der Waals surface area contributed by atoms with Gasteiger partial charge in [-0.3, -0.25) is 9.59 Å². The third-order valence-corrected chi connectivity index (χ3v) is 5.88. The zero-order chi connectivity index (χ0) is 27.3. The number of rotatable bonds is 13. The Morgan fingerprint density at radius 3 is 1.66 bits per heavy atom. The largest absolute Gasteiger partial charge is 0.426 e. The van der Waals surface area contributed by atoms with Gasteiger partial charge in [0.15, 0.2) is 0 Å². The van der Waals surface area contributed by atoms with Crippen molar-refractivity contribution in [2.24, 2.45) is 0 Å². The van der Waals surface area contributed by atoms with Crippen LogP contribution in [0.4, 0.5) is 13.2 Å². The van der Waals surface area contributed by atoms with E-state index in [0.29, 0.717) is 24.0 Å². The maximum Gasteiger partial charge on any atom is 0.311 e. The Balaban J connectivity index is 1.24. The van der Waals surface area contributed by atoms with Gasteiger partial charge in [0.2, 0.25) is 0 Å². The normalized spacial score (nSPS) is 10.6. The van der Waals surface area contributed by atoms with Crippen molar-refractivity contribution < 1.29 is 32.2 Å². The summed E-state index contributed by atoms with van der Waals surface area (Å²) >= 11 is 0. The van der Waals surface area contributed by atoms with E-state index >= 15 is 0 Å². The van der Waals surface area contributed by atoms with Gasteiger partial charge in [-0.05, 0) is 54.8 Å². The van der Waals surface area contributed by atoms with Crippen LogP contribution in [-0.4, -0.2) is 11.9 Å². The van der Waals surface area contributed by atoms with Crippen LogP contribution >= 0.6 is 0 Å². The molecule has 0 heterocycles. The van der Waals surface area contributed by atoms with Gasteiger partial charge in [-0.1, -0.05) is 44.2 Å². The first-order valence-corrected chi connectivity index (χ1v) is 12.5. The molecule has 0 saturated heterocycles. The minimum Gasteiger partial charge on any atom is -0.426 e. The van der Waals surface area contributed by atoms with Crippen molar-refractivity contribution in [3.05, 3.63) is 83.7 Å². The van der Waals surface area contributed by atoms with Gasteiger partial charge in [0.1, 0.15) is 35.0 Å². The number of carbonyl (C=O) groups is 2. The molecule has 5 nitrogen and oxygen atoms in total. The zero-order valence-corrected chi connectivity index (χ0v) is 20.9. The summed E-state index contributed by atoms with van der Waals surface area (Å²) in [6, 6.07) is 15.0. The lowest BCUT2D eigenvalue weighted by atomic mass is 10.0. The van der Waals surface area contributed by atoms with Crippen LogP contribution in [0.1, 0.15) is 63.4 Å².